The van der Waals surface area contributed by atoms with E-state index >= 15 is 0 Å². The van der Waals surface area contributed by atoms with Crippen LogP contribution in [0.3, 0.4) is 0 Å². The average molecular weight is 471 g/mol. The Labute approximate surface area is 204 Å². The van der Waals surface area contributed by atoms with Gasteiger partial charge in [0.05, 0.1) is 0 Å². The minimum atomic E-state index is -1.01. The fraction of sp³-hybridized carbons (Fsp3) is 0.138. The summed E-state index contributed by atoms with van der Waals surface area (Å²) in [6.07, 6.45) is -0.483. The minimum absolute atomic E-state index is 0.0883. The Morgan fingerprint density at radius 3 is 1.77 bits per heavy atom. The first-order valence-electron chi connectivity index (χ1n) is 10.9. The molecule has 0 spiro atoms. The van der Waals surface area contributed by atoms with Gasteiger partial charge in [-0.3, -0.25) is 4.79 Å². The largest absolute Gasteiger partial charge is 0.489 e. The molecular formula is C29H26O6. The van der Waals surface area contributed by atoms with Crippen LogP contribution in [-0.4, -0.2) is 30.9 Å². The van der Waals surface area contributed by atoms with Crippen molar-refractivity contribution in [1.82, 2.24) is 0 Å². The summed E-state index contributed by atoms with van der Waals surface area (Å²) in [4.78, 5) is 34.4. The van der Waals surface area contributed by atoms with Crippen molar-refractivity contribution < 1.29 is 28.6 Å². The van der Waals surface area contributed by atoms with Crippen LogP contribution in [0.1, 0.15) is 13.8 Å². The second-order valence-corrected chi connectivity index (χ2v) is 7.97. The summed E-state index contributed by atoms with van der Waals surface area (Å²) >= 11 is 0. The van der Waals surface area contributed by atoms with Crippen molar-refractivity contribution in [3.8, 4) is 33.8 Å². The lowest BCUT2D eigenvalue weighted by molar-refractivity contribution is -0.149. The number of esters is 2. The third kappa shape index (κ3) is 7.01. The number of carbonyl (C=O) groups is 3. The van der Waals surface area contributed by atoms with Gasteiger partial charge < -0.3 is 14.2 Å². The summed E-state index contributed by atoms with van der Waals surface area (Å²) in [6.45, 7) is 10.1. The monoisotopic (exact) mass is 470 g/mol. The number of ether oxygens (including phenoxy) is 3. The van der Waals surface area contributed by atoms with E-state index in [9.17, 15) is 14.4 Å². The van der Waals surface area contributed by atoms with E-state index in [0.717, 1.165) is 22.3 Å². The molecule has 0 N–H and O–H groups in total. The first-order chi connectivity index (χ1) is 16.8. The van der Waals surface area contributed by atoms with Crippen molar-refractivity contribution in [3.63, 3.8) is 0 Å². The third-order valence-electron chi connectivity index (χ3n) is 4.97. The molecule has 3 rings (SSSR count). The molecule has 0 aromatic heterocycles. The Morgan fingerprint density at radius 2 is 1.29 bits per heavy atom. The summed E-state index contributed by atoms with van der Waals surface area (Å²) in [5.74, 6) is -0.0899. The van der Waals surface area contributed by atoms with Crippen LogP contribution in [0.2, 0.25) is 0 Å². The molecule has 3 aromatic rings. The van der Waals surface area contributed by atoms with Gasteiger partial charge in [0.15, 0.2) is 12.4 Å². The van der Waals surface area contributed by atoms with E-state index in [0.29, 0.717) is 23.4 Å². The van der Waals surface area contributed by atoms with Gasteiger partial charge >= 0.3 is 11.9 Å². The maximum Gasteiger partial charge on any atom is 0.338 e. The molecule has 0 amide bonds. The van der Waals surface area contributed by atoms with Crippen LogP contribution in [0.4, 0.5) is 0 Å². The lowest BCUT2D eigenvalue weighted by Gasteiger charge is -2.14. The van der Waals surface area contributed by atoms with E-state index < -0.39 is 18.0 Å². The highest BCUT2D eigenvalue weighted by atomic mass is 16.6. The molecule has 3 aromatic carbocycles. The van der Waals surface area contributed by atoms with Crippen molar-refractivity contribution in [2.45, 2.75) is 20.0 Å². The Bertz CT molecular complexity index is 1240. The molecule has 0 aliphatic heterocycles. The van der Waals surface area contributed by atoms with Crippen LogP contribution in [0.25, 0.3) is 22.3 Å². The molecule has 6 nitrogen and oxygen atoms in total. The Hall–Kier alpha value is -4.45. The zero-order valence-electron chi connectivity index (χ0n) is 19.7. The molecule has 0 bridgehead atoms. The normalized spacial score (nSPS) is 11.1. The molecule has 0 radical (unpaired) electrons. The number of benzene rings is 3. The van der Waals surface area contributed by atoms with E-state index in [-0.39, 0.29) is 12.2 Å². The lowest BCUT2D eigenvalue weighted by Crippen LogP contribution is -2.26. The van der Waals surface area contributed by atoms with Gasteiger partial charge in [0.1, 0.15) is 18.1 Å². The van der Waals surface area contributed by atoms with Crippen molar-refractivity contribution in [2.75, 3.05) is 6.61 Å². The van der Waals surface area contributed by atoms with Crippen molar-refractivity contribution in [2.24, 2.45) is 0 Å². The van der Waals surface area contributed by atoms with Crippen LogP contribution in [0, 0.1) is 0 Å². The maximum atomic E-state index is 11.7. The zero-order valence-corrected chi connectivity index (χ0v) is 19.7. The van der Waals surface area contributed by atoms with Crippen molar-refractivity contribution in [1.29, 1.82) is 0 Å². The molecule has 0 fully saturated rings. The number of hydrogen-bond donors (Lipinski definition) is 0. The molecule has 35 heavy (non-hydrogen) atoms. The van der Waals surface area contributed by atoms with Crippen molar-refractivity contribution >= 4 is 18.2 Å². The fourth-order valence-electron chi connectivity index (χ4n) is 3.05. The van der Waals surface area contributed by atoms with Crippen LogP contribution in [0.5, 0.6) is 11.5 Å². The third-order valence-corrected chi connectivity index (χ3v) is 4.97. The van der Waals surface area contributed by atoms with E-state index in [2.05, 4.69) is 19.2 Å². The molecule has 1 unspecified atom stereocenters. The number of carbonyl (C=O) groups excluding carboxylic acids is 3. The lowest BCUT2D eigenvalue weighted by atomic mass is 9.99. The van der Waals surface area contributed by atoms with Crippen LogP contribution in [0.15, 0.2) is 97.1 Å². The predicted octanol–water partition coefficient (Wildman–Crippen LogP) is 5.57. The van der Waals surface area contributed by atoms with E-state index in [1.54, 1.807) is 31.2 Å². The van der Waals surface area contributed by atoms with Gasteiger partial charge in [-0.15, -0.1) is 0 Å². The highest BCUT2D eigenvalue weighted by molar-refractivity contribution is 5.89. The molecule has 0 aliphatic rings. The number of aldehydes is 1. The summed E-state index contributed by atoms with van der Waals surface area (Å²) < 4.78 is 15.8. The van der Waals surface area contributed by atoms with Gasteiger partial charge in [-0.1, -0.05) is 55.6 Å². The summed E-state index contributed by atoms with van der Waals surface area (Å²) in [6, 6.07) is 22.7. The molecule has 6 heteroatoms. The molecule has 0 saturated heterocycles. The SMILES string of the molecule is C=C(C)C(=O)Oc1ccc(-c2cccc(-c3ccc(OCC(C=O)OC(=O)C(=C)C)cc3)c2)cc1. The van der Waals surface area contributed by atoms with Crippen LogP contribution in [-0.2, 0) is 19.1 Å². The zero-order chi connectivity index (χ0) is 25.4. The standard InChI is InChI=1S/C29H26O6/c1-19(2)28(31)34-26-14-10-22(11-15-26)24-7-5-6-23(16-24)21-8-12-25(13-9-21)33-18-27(17-30)35-29(32)20(3)4/h5-17,27H,1,3,18H2,2,4H3. The van der Waals surface area contributed by atoms with Gasteiger partial charge in [0, 0.05) is 11.1 Å². The highest BCUT2D eigenvalue weighted by Crippen LogP contribution is 2.29. The quantitative estimate of drug-likeness (QED) is 0.167. The topological polar surface area (TPSA) is 78.9 Å². The molecule has 178 valence electrons. The van der Waals surface area contributed by atoms with Gasteiger partial charge in [-0.05, 0) is 66.4 Å². The summed E-state index contributed by atoms with van der Waals surface area (Å²) in [5, 5.41) is 0. The Kier molecular flexibility index (Phi) is 8.35. The van der Waals surface area contributed by atoms with Gasteiger partial charge in [-0.25, -0.2) is 9.59 Å². The van der Waals surface area contributed by atoms with Gasteiger partial charge in [-0.2, -0.15) is 0 Å². The highest BCUT2D eigenvalue weighted by Gasteiger charge is 2.15. The smallest absolute Gasteiger partial charge is 0.338 e. The molecule has 0 aliphatic carbocycles. The minimum Gasteiger partial charge on any atom is -0.489 e. The van der Waals surface area contributed by atoms with Crippen LogP contribution < -0.4 is 9.47 Å². The van der Waals surface area contributed by atoms with Crippen molar-refractivity contribution in [3.05, 3.63) is 97.1 Å². The summed E-state index contributed by atoms with van der Waals surface area (Å²) in [5.41, 5.74) is 4.53. The van der Waals surface area contributed by atoms with E-state index in [1.165, 1.54) is 6.92 Å². The fourth-order valence-corrected chi connectivity index (χ4v) is 3.05. The molecule has 1 atom stereocenters. The van der Waals surface area contributed by atoms with Crippen LogP contribution >= 0.6 is 0 Å². The Balaban J connectivity index is 1.67. The molecule has 0 saturated carbocycles. The number of rotatable bonds is 10. The first-order valence-corrected chi connectivity index (χ1v) is 10.9. The van der Waals surface area contributed by atoms with E-state index in [1.807, 2.05) is 42.5 Å². The second-order valence-electron chi connectivity index (χ2n) is 7.97. The number of hydrogen-bond acceptors (Lipinski definition) is 6. The average Bonchev–Trinajstić information content (AvgIpc) is 2.87. The molecular weight excluding hydrogens is 444 g/mol. The summed E-state index contributed by atoms with van der Waals surface area (Å²) in [7, 11) is 0. The predicted molar refractivity (Wildman–Crippen MR) is 134 cm³/mol. The van der Waals surface area contributed by atoms with E-state index in [4.69, 9.17) is 14.2 Å². The first kappa shape index (κ1) is 25.2. The molecule has 0 heterocycles. The van der Waals surface area contributed by atoms with Gasteiger partial charge in [0.2, 0.25) is 0 Å². The van der Waals surface area contributed by atoms with Gasteiger partial charge in [0.25, 0.3) is 0 Å². The Morgan fingerprint density at radius 1 is 0.771 bits per heavy atom. The maximum absolute atomic E-state index is 11.7. The second kappa shape index (κ2) is 11.6.